The Kier molecular flexibility index (Phi) is 5.29. The zero-order valence-corrected chi connectivity index (χ0v) is 15.1. The van der Waals surface area contributed by atoms with Crippen molar-refractivity contribution in [2.45, 2.75) is 26.8 Å². The Labute approximate surface area is 140 Å². The molecule has 0 amide bonds. The number of methoxy groups -OCH3 is 2. The molecule has 1 atom stereocenters. The molecular formula is C17H21BrN2O2. The number of anilines is 1. The number of halogens is 1. The number of hydrogen-bond donors (Lipinski definition) is 1. The summed E-state index contributed by atoms with van der Waals surface area (Å²) in [7, 11) is 3.29. The Hall–Kier alpha value is -1.75. The fourth-order valence-corrected chi connectivity index (χ4v) is 2.88. The molecule has 1 heterocycles. The zero-order valence-electron chi connectivity index (χ0n) is 13.5. The first-order valence-electron chi connectivity index (χ1n) is 7.07. The van der Waals surface area contributed by atoms with Crippen LogP contribution in [0.3, 0.4) is 0 Å². The van der Waals surface area contributed by atoms with Gasteiger partial charge in [0.25, 0.3) is 0 Å². The zero-order chi connectivity index (χ0) is 16.3. The van der Waals surface area contributed by atoms with Crippen LogP contribution in [-0.2, 0) is 0 Å². The van der Waals surface area contributed by atoms with Gasteiger partial charge < -0.3 is 14.8 Å². The fourth-order valence-electron chi connectivity index (χ4n) is 2.44. The average Bonchev–Trinajstić information content (AvgIpc) is 2.49. The lowest BCUT2D eigenvalue weighted by Gasteiger charge is -2.20. The van der Waals surface area contributed by atoms with Crippen molar-refractivity contribution in [3.8, 4) is 11.5 Å². The number of rotatable bonds is 5. The van der Waals surface area contributed by atoms with Crippen LogP contribution in [0.2, 0.25) is 0 Å². The van der Waals surface area contributed by atoms with Crippen LogP contribution in [0.5, 0.6) is 11.5 Å². The van der Waals surface area contributed by atoms with Crippen molar-refractivity contribution in [1.82, 2.24) is 4.98 Å². The van der Waals surface area contributed by atoms with Crippen molar-refractivity contribution in [3.05, 3.63) is 45.6 Å². The van der Waals surface area contributed by atoms with Crippen LogP contribution in [0.1, 0.15) is 29.7 Å². The van der Waals surface area contributed by atoms with Crippen LogP contribution in [0, 0.1) is 13.8 Å². The molecule has 2 rings (SSSR count). The summed E-state index contributed by atoms with van der Waals surface area (Å²) in [6, 6.07) is 6.16. The number of nitrogens with zero attached hydrogens (tertiary/aromatic N) is 1. The largest absolute Gasteiger partial charge is 0.493 e. The molecule has 5 heteroatoms. The minimum Gasteiger partial charge on any atom is -0.493 e. The Morgan fingerprint density at radius 2 is 1.68 bits per heavy atom. The molecule has 118 valence electrons. The average molecular weight is 365 g/mol. The fraction of sp³-hybridized carbons (Fsp3) is 0.353. The van der Waals surface area contributed by atoms with E-state index in [1.165, 1.54) is 0 Å². The molecule has 0 radical (unpaired) electrons. The molecule has 1 aromatic heterocycles. The number of ether oxygens (including phenoxy) is 2. The number of aryl methyl sites for hydroxylation is 2. The number of aromatic nitrogens is 1. The van der Waals surface area contributed by atoms with Crippen LogP contribution < -0.4 is 14.8 Å². The summed E-state index contributed by atoms with van der Waals surface area (Å²) in [5.74, 6) is 2.36. The quantitative estimate of drug-likeness (QED) is 0.838. The van der Waals surface area contributed by atoms with Gasteiger partial charge in [0.2, 0.25) is 0 Å². The highest BCUT2D eigenvalue weighted by atomic mass is 79.9. The Balaban J connectivity index is 2.31. The van der Waals surface area contributed by atoms with Crippen molar-refractivity contribution in [1.29, 1.82) is 0 Å². The SMILES string of the molecule is COc1cc(C)c(C(C)Nc2ncc(Br)cc2C)cc1OC. The molecule has 0 fully saturated rings. The van der Waals surface area contributed by atoms with E-state index in [-0.39, 0.29) is 6.04 Å². The summed E-state index contributed by atoms with van der Waals surface area (Å²) < 4.78 is 11.7. The predicted molar refractivity (Wildman–Crippen MR) is 93.0 cm³/mol. The standard InChI is InChI=1S/C17H21BrN2O2/c1-10-7-15(21-4)16(22-5)8-14(10)12(3)20-17-11(2)6-13(18)9-19-17/h6-9,12H,1-5H3,(H,19,20). The van der Waals surface area contributed by atoms with Crippen molar-refractivity contribution < 1.29 is 9.47 Å². The summed E-state index contributed by atoms with van der Waals surface area (Å²) >= 11 is 3.43. The molecule has 1 unspecified atom stereocenters. The maximum atomic E-state index is 5.40. The van der Waals surface area contributed by atoms with Crippen molar-refractivity contribution >= 4 is 21.7 Å². The molecule has 0 aliphatic rings. The van der Waals surface area contributed by atoms with E-state index in [1.807, 2.05) is 25.1 Å². The van der Waals surface area contributed by atoms with Gasteiger partial charge in [0.15, 0.2) is 11.5 Å². The van der Waals surface area contributed by atoms with Gasteiger partial charge in [-0.1, -0.05) is 0 Å². The molecule has 2 aromatic rings. The van der Waals surface area contributed by atoms with E-state index in [2.05, 4.69) is 40.1 Å². The van der Waals surface area contributed by atoms with Crippen molar-refractivity contribution in [2.24, 2.45) is 0 Å². The Bertz CT molecular complexity index is 674. The molecule has 0 saturated carbocycles. The maximum absolute atomic E-state index is 5.40. The first-order valence-corrected chi connectivity index (χ1v) is 7.86. The number of hydrogen-bond acceptors (Lipinski definition) is 4. The minimum atomic E-state index is 0.104. The van der Waals surface area contributed by atoms with E-state index in [9.17, 15) is 0 Å². The molecular weight excluding hydrogens is 344 g/mol. The third kappa shape index (κ3) is 3.53. The number of pyridine rings is 1. The van der Waals surface area contributed by atoms with Gasteiger partial charge >= 0.3 is 0 Å². The lowest BCUT2D eigenvalue weighted by molar-refractivity contribution is 0.354. The molecule has 0 saturated heterocycles. The van der Waals surface area contributed by atoms with Gasteiger partial charge in [-0.25, -0.2) is 4.98 Å². The van der Waals surface area contributed by atoms with Crippen molar-refractivity contribution in [2.75, 3.05) is 19.5 Å². The summed E-state index contributed by atoms with van der Waals surface area (Å²) in [4.78, 5) is 4.44. The van der Waals surface area contributed by atoms with Crippen molar-refractivity contribution in [3.63, 3.8) is 0 Å². The van der Waals surface area contributed by atoms with Crippen LogP contribution in [0.25, 0.3) is 0 Å². The first-order chi connectivity index (χ1) is 10.5. The van der Waals surface area contributed by atoms with Crippen LogP contribution in [0.4, 0.5) is 5.82 Å². The third-order valence-corrected chi connectivity index (χ3v) is 4.07. The van der Waals surface area contributed by atoms with Gasteiger partial charge in [0.05, 0.1) is 20.3 Å². The van der Waals surface area contributed by atoms with Crippen LogP contribution in [-0.4, -0.2) is 19.2 Å². The highest BCUT2D eigenvalue weighted by molar-refractivity contribution is 9.10. The molecule has 0 aliphatic carbocycles. The second kappa shape index (κ2) is 7.01. The topological polar surface area (TPSA) is 43.4 Å². The monoisotopic (exact) mass is 364 g/mol. The Morgan fingerprint density at radius 3 is 2.27 bits per heavy atom. The molecule has 1 N–H and O–H groups in total. The lowest BCUT2D eigenvalue weighted by atomic mass is 10.0. The van der Waals surface area contributed by atoms with Crippen LogP contribution >= 0.6 is 15.9 Å². The summed E-state index contributed by atoms with van der Waals surface area (Å²) in [5, 5.41) is 3.45. The number of benzene rings is 1. The van der Waals surface area contributed by atoms with E-state index < -0.39 is 0 Å². The van der Waals surface area contributed by atoms with Gasteiger partial charge in [0.1, 0.15) is 5.82 Å². The van der Waals surface area contributed by atoms with E-state index in [4.69, 9.17) is 9.47 Å². The molecule has 1 aromatic carbocycles. The normalized spacial score (nSPS) is 11.9. The highest BCUT2D eigenvalue weighted by Gasteiger charge is 2.15. The van der Waals surface area contributed by atoms with E-state index in [1.54, 1.807) is 20.4 Å². The highest BCUT2D eigenvalue weighted by Crippen LogP contribution is 2.34. The van der Waals surface area contributed by atoms with E-state index in [0.717, 1.165) is 38.5 Å². The first kappa shape index (κ1) is 16.6. The molecule has 22 heavy (non-hydrogen) atoms. The molecule has 0 spiro atoms. The second-order valence-electron chi connectivity index (χ2n) is 5.25. The summed E-state index contributed by atoms with van der Waals surface area (Å²) in [6.45, 7) is 6.21. The van der Waals surface area contributed by atoms with Gasteiger partial charge in [-0.2, -0.15) is 0 Å². The number of nitrogens with one attached hydrogen (secondary N) is 1. The third-order valence-electron chi connectivity index (χ3n) is 3.64. The van der Waals surface area contributed by atoms with Gasteiger partial charge in [-0.3, -0.25) is 0 Å². The molecule has 0 bridgehead atoms. The Morgan fingerprint density at radius 1 is 1.05 bits per heavy atom. The van der Waals surface area contributed by atoms with Gasteiger partial charge in [-0.05, 0) is 71.6 Å². The summed E-state index contributed by atoms with van der Waals surface area (Å²) in [6.07, 6.45) is 1.80. The second-order valence-corrected chi connectivity index (χ2v) is 6.16. The predicted octanol–water partition coefficient (Wildman–Crippen LogP) is 4.65. The van der Waals surface area contributed by atoms with E-state index in [0.29, 0.717) is 0 Å². The smallest absolute Gasteiger partial charge is 0.161 e. The lowest BCUT2D eigenvalue weighted by Crippen LogP contribution is -2.11. The maximum Gasteiger partial charge on any atom is 0.161 e. The van der Waals surface area contributed by atoms with E-state index >= 15 is 0 Å². The molecule has 4 nitrogen and oxygen atoms in total. The van der Waals surface area contributed by atoms with Gasteiger partial charge in [0, 0.05) is 10.7 Å². The molecule has 0 aliphatic heterocycles. The van der Waals surface area contributed by atoms with Gasteiger partial charge in [-0.15, -0.1) is 0 Å². The van der Waals surface area contributed by atoms with Crippen LogP contribution in [0.15, 0.2) is 28.9 Å². The minimum absolute atomic E-state index is 0.104. The summed E-state index contributed by atoms with van der Waals surface area (Å²) in [5.41, 5.74) is 3.40.